The van der Waals surface area contributed by atoms with Gasteiger partial charge in [0, 0.05) is 24.1 Å². The Balaban J connectivity index is 2.33. The lowest BCUT2D eigenvalue weighted by molar-refractivity contribution is 0.608. The van der Waals surface area contributed by atoms with E-state index in [0.29, 0.717) is 17.7 Å². The molecule has 2 aromatic carbocycles. The van der Waals surface area contributed by atoms with E-state index in [9.17, 15) is 9.65 Å². The molecule has 102 valence electrons. The molecule has 0 aromatic heterocycles. The molecular formula is C16H15FN2S. The van der Waals surface area contributed by atoms with Crippen molar-refractivity contribution in [3.8, 4) is 6.07 Å². The van der Waals surface area contributed by atoms with Crippen molar-refractivity contribution in [1.82, 2.24) is 0 Å². The third-order valence-electron chi connectivity index (χ3n) is 3.11. The Morgan fingerprint density at radius 3 is 2.60 bits per heavy atom. The van der Waals surface area contributed by atoms with Crippen LogP contribution in [0.1, 0.15) is 11.1 Å². The summed E-state index contributed by atoms with van der Waals surface area (Å²) in [7, 11) is 1.87. The van der Waals surface area contributed by atoms with Crippen molar-refractivity contribution in [3.63, 3.8) is 0 Å². The monoisotopic (exact) mass is 286 g/mol. The van der Waals surface area contributed by atoms with E-state index in [1.165, 1.54) is 17.8 Å². The van der Waals surface area contributed by atoms with Gasteiger partial charge in [-0.2, -0.15) is 5.26 Å². The molecule has 2 nitrogen and oxygen atoms in total. The van der Waals surface area contributed by atoms with Crippen molar-refractivity contribution in [3.05, 3.63) is 59.4 Å². The van der Waals surface area contributed by atoms with Gasteiger partial charge in [0.25, 0.3) is 0 Å². The topological polar surface area (TPSA) is 27.0 Å². The van der Waals surface area contributed by atoms with Crippen LogP contribution in [0.4, 0.5) is 10.1 Å². The van der Waals surface area contributed by atoms with E-state index in [1.807, 2.05) is 42.5 Å². The molecule has 0 saturated carbocycles. The summed E-state index contributed by atoms with van der Waals surface area (Å²) in [6.07, 6.45) is 1.94. The van der Waals surface area contributed by atoms with Crippen molar-refractivity contribution >= 4 is 17.4 Å². The number of hydrogen-bond donors (Lipinski definition) is 0. The summed E-state index contributed by atoms with van der Waals surface area (Å²) in [5.74, 6) is -0.223. The zero-order chi connectivity index (χ0) is 14.5. The van der Waals surface area contributed by atoms with Crippen LogP contribution in [0.3, 0.4) is 0 Å². The van der Waals surface area contributed by atoms with E-state index < -0.39 is 0 Å². The first-order chi connectivity index (χ1) is 9.67. The summed E-state index contributed by atoms with van der Waals surface area (Å²) in [6, 6.07) is 14.7. The van der Waals surface area contributed by atoms with Gasteiger partial charge < -0.3 is 4.90 Å². The van der Waals surface area contributed by atoms with E-state index in [-0.39, 0.29) is 5.82 Å². The Labute approximate surface area is 122 Å². The Morgan fingerprint density at radius 2 is 1.95 bits per heavy atom. The van der Waals surface area contributed by atoms with E-state index >= 15 is 0 Å². The number of nitriles is 1. The number of nitrogens with zero attached hydrogens (tertiary/aromatic N) is 2. The van der Waals surface area contributed by atoms with Crippen molar-refractivity contribution in [2.24, 2.45) is 0 Å². The number of hydrogen-bond acceptors (Lipinski definition) is 3. The average molecular weight is 286 g/mol. The Kier molecular flexibility index (Phi) is 4.65. The maximum atomic E-state index is 13.7. The summed E-state index contributed by atoms with van der Waals surface area (Å²) in [5, 5.41) is 9.34. The minimum absolute atomic E-state index is 0.223. The molecule has 0 saturated heterocycles. The maximum absolute atomic E-state index is 13.7. The normalized spacial score (nSPS) is 10.1. The van der Waals surface area contributed by atoms with Gasteiger partial charge in [0.15, 0.2) is 0 Å². The van der Waals surface area contributed by atoms with Crippen LogP contribution in [0.15, 0.2) is 47.4 Å². The second-order valence-corrected chi connectivity index (χ2v) is 5.26. The quantitative estimate of drug-likeness (QED) is 0.793. The van der Waals surface area contributed by atoms with Crippen molar-refractivity contribution in [1.29, 1.82) is 5.26 Å². The molecule has 0 aliphatic rings. The molecule has 0 amide bonds. The Hall–Kier alpha value is -1.99. The first-order valence-corrected chi connectivity index (χ1v) is 7.41. The average Bonchev–Trinajstić information content (AvgIpc) is 2.48. The molecule has 0 N–H and O–H groups in total. The Bertz CT molecular complexity index is 649. The molecule has 0 spiro atoms. The molecule has 2 aromatic rings. The van der Waals surface area contributed by atoms with E-state index in [2.05, 4.69) is 6.07 Å². The van der Waals surface area contributed by atoms with Gasteiger partial charge in [0.2, 0.25) is 0 Å². The lowest BCUT2D eigenvalue weighted by Crippen LogP contribution is -2.18. The lowest BCUT2D eigenvalue weighted by Gasteiger charge is -2.21. The number of rotatable bonds is 4. The minimum atomic E-state index is -0.223. The van der Waals surface area contributed by atoms with Gasteiger partial charge in [0.05, 0.1) is 11.3 Å². The number of thioether (sulfide) groups is 1. The summed E-state index contributed by atoms with van der Waals surface area (Å²) in [5.41, 5.74) is 2.08. The molecule has 0 unspecified atom stereocenters. The van der Waals surface area contributed by atoms with Gasteiger partial charge in [-0.3, -0.25) is 0 Å². The molecule has 20 heavy (non-hydrogen) atoms. The SMILES string of the molecule is CSc1cccc(N(C)Cc2ccccc2F)c1C#N. The fourth-order valence-electron chi connectivity index (χ4n) is 2.09. The van der Waals surface area contributed by atoms with Crippen LogP contribution in [-0.4, -0.2) is 13.3 Å². The number of anilines is 1. The molecule has 0 aliphatic carbocycles. The van der Waals surface area contributed by atoms with Crippen molar-refractivity contribution < 1.29 is 4.39 Å². The predicted octanol–water partition coefficient (Wildman–Crippen LogP) is 4.06. The fourth-order valence-corrected chi connectivity index (χ4v) is 2.66. The highest BCUT2D eigenvalue weighted by Gasteiger charge is 2.12. The van der Waals surface area contributed by atoms with Gasteiger partial charge in [-0.05, 0) is 24.5 Å². The third kappa shape index (κ3) is 2.94. The van der Waals surface area contributed by atoms with E-state index in [4.69, 9.17) is 0 Å². The predicted molar refractivity (Wildman–Crippen MR) is 81.4 cm³/mol. The zero-order valence-electron chi connectivity index (χ0n) is 11.4. The van der Waals surface area contributed by atoms with Gasteiger partial charge >= 0.3 is 0 Å². The van der Waals surface area contributed by atoms with Crippen LogP contribution < -0.4 is 4.90 Å². The molecule has 0 aliphatic heterocycles. The first kappa shape index (κ1) is 14.4. The molecule has 4 heteroatoms. The summed E-state index contributed by atoms with van der Waals surface area (Å²) >= 11 is 1.54. The highest BCUT2D eigenvalue weighted by atomic mass is 32.2. The second-order valence-electron chi connectivity index (χ2n) is 4.41. The van der Waals surface area contributed by atoms with Crippen molar-refractivity contribution in [2.45, 2.75) is 11.4 Å². The molecular weight excluding hydrogens is 271 g/mol. The van der Waals surface area contributed by atoms with E-state index in [0.717, 1.165) is 10.6 Å². The summed E-state index contributed by atoms with van der Waals surface area (Å²) in [6.45, 7) is 0.430. The molecule has 0 bridgehead atoms. The number of benzene rings is 2. The van der Waals surface area contributed by atoms with Crippen LogP contribution in [0.2, 0.25) is 0 Å². The standard InChI is InChI=1S/C16H15FN2S/c1-19(11-12-6-3-4-7-14(12)17)15-8-5-9-16(20-2)13(15)10-18/h3-9H,11H2,1-2H3. The van der Waals surface area contributed by atoms with Gasteiger partial charge in [-0.1, -0.05) is 24.3 Å². The first-order valence-electron chi connectivity index (χ1n) is 6.19. The molecule has 2 rings (SSSR count). The van der Waals surface area contributed by atoms with Crippen molar-refractivity contribution in [2.75, 3.05) is 18.2 Å². The zero-order valence-corrected chi connectivity index (χ0v) is 12.2. The summed E-state index contributed by atoms with van der Waals surface area (Å²) < 4.78 is 13.7. The molecule has 0 heterocycles. The highest BCUT2D eigenvalue weighted by molar-refractivity contribution is 7.98. The minimum Gasteiger partial charge on any atom is -0.369 e. The smallest absolute Gasteiger partial charge is 0.128 e. The van der Waals surface area contributed by atoms with Crippen LogP contribution in [-0.2, 0) is 6.54 Å². The van der Waals surface area contributed by atoms with Crippen LogP contribution in [0.5, 0.6) is 0 Å². The fraction of sp³-hybridized carbons (Fsp3) is 0.188. The number of halogens is 1. The highest BCUT2D eigenvalue weighted by Crippen LogP contribution is 2.29. The third-order valence-corrected chi connectivity index (χ3v) is 3.89. The van der Waals surface area contributed by atoms with Crippen LogP contribution >= 0.6 is 11.8 Å². The summed E-state index contributed by atoms with van der Waals surface area (Å²) in [4.78, 5) is 2.84. The molecule has 0 atom stereocenters. The second kappa shape index (κ2) is 6.44. The Morgan fingerprint density at radius 1 is 1.20 bits per heavy atom. The largest absolute Gasteiger partial charge is 0.369 e. The van der Waals surface area contributed by atoms with E-state index in [1.54, 1.807) is 12.1 Å². The van der Waals surface area contributed by atoms with Crippen LogP contribution in [0, 0.1) is 17.1 Å². The maximum Gasteiger partial charge on any atom is 0.128 e. The molecule has 0 radical (unpaired) electrons. The van der Waals surface area contributed by atoms with Gasteiger partial charge in [-0.15, -0.1) is 11.8 Å². The van der Waals surface area contributed by atoms with Gasteiger partial charge in [0.1, 0.15) is 11.9 Å². The molecule has 0 fully saturated rings. The lowest BCUT2D eigenvalue weighted by atomic mass is 10.1. The van der Waals surface area contributed by atoms with Crippen LogP contribution in [0.25, 0.3) is 0 Å². The van der Waals surface area contributed by atoms with Gasteiger partial charge in [-0.25, -0.2) is 4.39 Å².